The normalized spacial score (nSPS) is 19.5. The lowest BCUT2D eigenvalue weighted by Crippen LogP contribution is -2.43. The van der Waals surface area contributed by atoms with Gasteiger partial charge in [0.05, 0.1) is 19.1 Å². The Kier molecular flexibility index (Phi) is 5.20. The van der Waals surface area contributed by atoms with Crippen LogP contribution in [0.25, 0.3) is 0 Å². The van der Waals surface area contributed by atoms with E-state index < -0.39 is 0 Å². The van der Waals surface area contributed by atoms with Gasteiger partial charge in [-0.25, -0.2) is 0 Å². The molecule has 2 N–H and O–H groups in total. The van der Waals surface area contributed by atoms with Crippen LogP contribution in [0.2, 0.25) is 0 Å². The molecule has 114 valence electrons. The first-order valence-electron chi connectivity index (χ1n) is 7.35. The molecule has 2 unspecified atom stereocenters. The number of carbonyl (C=O) groups is 2. The van der Waals surface area contributed by atoms with Crippen molar-refractivity contribution >= 4 is 11.8 Å². The highest BCUT2D eigenvalue weighted by Crippen LogP contribution is 2.27. The molecule has 0 saturated carbocycles. The fraction of sp³-hybridized carbons (Fsp3) is 0.500. The molecule has 1 fully saturated rings. The molecule has 2 amide bonds. The predicted octanol–water partition coefficient (Wildman–Crippen LogP) is 1.79. The fourth-order valence-electron chi connectivity index (χ4n) is 2.60. The van der Waals surface area contributed by atoms with Crippen LogP contribution in [-0.4, -0.2) is 25.5 Å². The molecule has 5 heteroatoms. The second-order valence-electron chi connectivity index (χ2n) is 5.25. The molecule has 2 atom stereocenters. The number of para-hydroxylation sites is 1. The van der Waals surface area contributed by atoms with Gasteiger partial charge in [0.25, 0.3) is 0 Å². The van der Waals surface area contributed by atoms with Crippen LogP contribution in [0, 0.1) is 5.92 Å². The number of carbonyl (C=O) groups excluding carboxylic acids is 2. The van der Waals surface area contributed by atoms with Gasteiger partial charge in [-0.2, -0.15) is 0 Å². The van der Waals surface area contributed by atoms with Crippen molar-refractivity contribution in [2.24, 2.45) is 5.92 Å². The van der Waals surface area contributed by atoms with E-state index in [1.807, 2.05) is 31.2 Å². The van der Waals surface area contributed by atoms with Crippen LogP contribution in [0.3, 0.4) is 0 Å². The number of ether oxygens (including phenoxy) is 1. The molecule has 1 heterocycles. The van der Waals surface area contributed by atoms with Crippen molar-refractivity contribution in [3.8, 4) is 5.75 Å². The lowest BCUT2D eigenvalue weighted by Gasteiger charge is -2.25. The Morgan fingerprint density at radius 1 is 1.48 bits per heavy atom. The summed E-state index contributed by atoms with van der Waals surface area (Å²) < 4.78 is 5.36. The Morgan fingerprint density at radius 2 is 2.24 bits per heavy atom. The highest BCUT2D eigenvalue weighted by atomic mass is 16.5. The molecule has 0 aliphatic carbocycles. The fourth-order valence-corrected chi connectivity index (χ4v) is 2.60. The molecule has 1 aliphatic heterocycles. The van der Waals surface area contributed by atoms with Crippen LogP contribution >= 0.6 is 0 Å². The predicted molar refractivity (Wildman–Crippen MR) is 79.9 cm³/mol. The number of piperidine rings is 1. The molecule has 1 aliphatic rings. The second-order valence-corrected chi connectivity index (χ2v) is 5.25. The van der Waals surface area contributed by atoms with Crippen LogP contribution in [0.15, 0.2) is 24.3 Å². The largest absolute Gasteiger partial charge is 0.496 e. The Labute approximate surface area is 125 Å². The van der Waals surface area contributed by atoms with Crippen molar-refractivity contribution in [1.82, 2.24) is 10.6 Å². The average molecular weight is 290 g/mol. The molecular formula is C16H22N2O3. The zero-order valence-electron chi connectivity index (χ0n) is 12.5. The zero-order chi connectivity index (χ0) is 15.2. The van der Waals surface area contributed by atoms with Crippen molar-refractivity contribution in [1.29, 1.82) is 0 Å². The van der Waals surface area contributed by atoms with Gasteiger partial charge in [0.2, 0.25) is 11.8 Å². The summed E-state index contributed by atoms with van der Waals surface area (Å²) in [6.07, 6.45) is 1.81. The van der Waals surface area contributed by atoms with Crippen molar-refractivity contribution in [2.75, 3.05) is 13.7 Å². The highest BCUT2D eigenvalue weighted by molar-refractivity contribution is 5.84. The zero-order valence-corrected chi connectivity index (χ0v) is 12.5. The van der Waals surface area contributed by atoms with Gasteiger partial charge in [-0.3, -0.25) is 9.59 Å². The maximum Gasteiger partial charge on any atom is 0.225 e. The number of methoxy groups -OCH3 is 1. The first-order valence-corrected chi connectivity index (χ1v) is 7.35. The van der Waals surface area contributed by atoms with E-state index in [1.54, 1.807) is 7.11 Å². The van der Waals surface area contributed by atoms with Crippen molar-refractivity contribution in [2.45, 2.75) is 32.2 Å². The molecule has 5 nitrogen and oxygen atoms in total. The van der Waals surface area contributed by atoms with Gasteiger partial charge in [0.1, 0.15) is 5.75 Å². The van der Waals surface area contributed by atoms with Crippen LogP contribution in [0.5, 0.6) is 5.75 Å². The van der Waals surface area contributed by atoms with Gasteiger partial charge in [0, 0.05) is 18.5 Å². The number of nitrogens with one attached hydrogen (secondary N) is 2. The first kappa shape index (κ1) is 15.4. The van der Waals surface area contributed by atoms with Crippen molar-refractivity contribution in [3.63, 3.8) is 0 Å². The Balaban J connectivity index is 2.05. The number of benzene rings is 1. The maximum atomic E-state index is 12.3. The van der Waals surface area contributed by atoms with E-state index in [-0.39, 0.29) is 23.8 Å². The lowest BCUT2D eigenvalue weighted by atomic mass is 9.96. The van der Waals surface area contributed by atoms with Gasteiger partial charge in [-0.15, -0.1) is 0 Å². The topological polar surface area (TPSA) is 67.4 Å². The standard InChI is InChI=1S/C16H22N2O3/c1-3-13(12-6-4-5-7-14(12)21-2)18-16(20)11-8-9-15(19)17-10-11/h4-7,11,13H,3,8-10H2,1-2H3,(H,17,19)(H,18,20). The summed E-state index contributed by atoms with van der Waals surface area (Å²) in [4.78, 5) is 23.5. The second kappa shape index (κ2) is 7.11. The van der Waals surface area contributed by atoms with E-state index in [0.717, 1.165) is 17.7 Å². The molecule has 2 rings (SSSR count). The number of hydrogen-bond acceptors (Lipinski definition) is 3. The summed E-state index contributed by atoms with van der Waals surface area (Å²) in [5.74, 6) is 0.650. The van der Waals surface area contributed by atoms with Crippen molar-refractivity contribution in [3.05, 3.63) is 29.8 Å². The SMILES string of the molecule is CCC(NC(=O)C1CCC(=O)NC1)c1ccccc1OC. The van der Waals surface area contributed by atoms with Crippen LogP contribution < -0.4 is 15.4 Å². The summed E-state index contributed by atoms with van der Waals surface area (Å²) in [5, 5.41) is 5.81. The Hall–Kier alpha value is -2.04. The van der Waals surface area contributed by atoms with Crippen LogP contribution in [-0.2, 0) is 9.59 Å². The summed E-state index contributed by atoms with van der Waals surface area (Å²) in [6.45, 7) is 2.45. The maximum absolute atomic E-state index is 12.3. The van der Waals surface area contributed by atoms with E-state index in [2.05, 4.69) is 10.6 Å². The van der Waals surface area contributed by atoms with Crippen LogP contribution in [0.4, 0.5) is 0 Å². The van der Waals surface area contributed by atoms with Gasteiger partial charge < -0.3 is 15.4 Å². The number of amides is 2. The molecule has 1 aromatic rings. The number of rotatable bonds is 5. The van der Waals surface area contributed by atoms with Gasteiger partial charge in [-0.05, 0) is 18.9 Å². The Bertz CT molecular complexity index is 506. The molecule has 21 heavy (non-hydrogen) atoms. The van der Waals surface area contributed by atoms with E-state index in [1.165, 1.54) is 0 Å². The van der Waals surface area contributed by atoms with Crippen molar-refractivity contribution < 1.29 is 14.3 Å². The first-order chi connectivity index (χ1) is 10.2. The molecule has 1 aromatic carbocycles. The molecular weight excluding hydrogens is 268 g/mol. The van der Waals surface area contributed by atoms with E-state index in [4.69, 9.17) is 4.74 Å². The third kappa shape index (κ3) is 3.74. The van der Waals surface area contributed by atoms with Gasteiger partial charge >= 0.3 is 0 Å². The summed E-state index contributed by atoms with van der Waals surface area (Å²) in [7, 11) is 1.63. The minimum Gasteiger partial charge on any atom is -0.496 e. The molecule has 0 spiro atoms. The molecule has 0 bridgehead atoms. The van der Waals surface area contributed by atoms with Gasteiger partial charge in [-0.1, -0.05) is 25.1 Å². The number of hydrogen-bond donors (Lipinski definition) is 2. The molecule has 0 radical (unpaired) electrons. The summed E-state index contributed by atoms with van der Waals surface area (Å²) in [5.41, 5.74) is 0.982. The lowest BCUT2D eigenvalue weighted by molar-refractivity contribution is -0.129. The van der Waals surface area contributed by atoms with Gasteiger partial charge in [0.15, 0.2) is 0 Å². The van der Waals surface area contributed by atoms with Crippen LogP contribution in [0.1, 0.15) is 37.8 Å². The minimum atomic E-state index is -0.147. The Morgan fingerprint density at radius 3 is 2.86 bits per heavy atom. The molecule has 0 aromatic heterocycles. The molecule has 1 saturated heterocycles. The minimum absolute atomic E-state index is 0.00671. The summed E-state index contributed by atoms with van der Waals surface area (Å²) in [6, 6.07) is 7.63. The quantitative estimate of drug-likeness (QED) is 0.868. The van der Waals surface area contributed by atoms with E-state index in [0.29, 0.717) is 19.4 Å². The third-order valence-electron chi connectivity index (χ3n) is 3.88. The van der Waals surface area contributed by atoms with E-state index in [9.17, 15) is 9.59 Å². The smallest absolute Gasteiger partial charge is 0.225 e. The highest BCUT2D eigenvalue weighted by Gasteiger charge is 2.26. The third-order valence-corrected chi connectivity index (χ3v) is 3.88. The average Bonchev–Trinajstić information content (AvgIpc) is 2.53. The van der Waals surface area contributed by atoms with E-state index >= 15 is 0 Å². The monoisotopic (exact) mass is 290 g/mol. The summed E-state index contributed by atoms with van der Waals surface area (Å²) >= 11 is 0.